The van der Waals surface area contributed by atoms with Crippen molar-refractivity contribution in [1.29, 1.82) is 0 Å². The SMILES string of the molecule is CCOC(=O)[C@@H](C)N1C(=O)S/C(=C/c2cc3c(cc2C)N(CC)C(C)(C)C=C3C)C1=O. The number of hydrogen-bond acceptors (Lipinski definition) is 6. The van der Waals surface area contributed by atoms with Crippen molar-refractivity contribution in [2.75, 3.05) is 18.1 Å². The first kappa shape index (κ1) is 23.1. The van der Waals surface area contributed by atoms with Gasteiger partial charge in [0.2, 0.25) is 0 Å². The van der Waals surface area contributed by atoms with Gasteiger partial charge in [-0.05, 0) is 95.1 Å². The van der Waals surface area contributed by atoms with Crippen molar-refractivity contribution in [3.05, 3.63) is 39.8 Å². The van der Waals surface area contributed by atoms with Gasteiger partial charge in [-0.3, -0.25) is 14.5 Å². The van der Waals surface area contributed by atoms with E-state index in [9.17, 15) is 14.4 Å². The van der Waals surface area contributed by atoms with Crippen molar-refractivity contribution >= 4 is 46.2 Å². The maximum atomic E-state index is 12.9. The summed E-state index contributed by atoms with van der Waals surface area (Å²) in [6, 6.07) is 3.28. The summed E-state index contributed by atoms with van der Waals surface area (Å²) in [7, 11) is 0. The number of imide groups is 1. The van der Waals surface area contributed by atoms with Gasteiger partial charge in [0, 0.05) is 17.8 Å². The molecular weight excluding hydrogens is 412 g/mol. The third kappa shape index (κ3) is 4.15. The van der Waals surface area contributed by atoms with Crippen LogP contribution < -0.4 is 4.90 Å². The van der Waals surface area contributed by atoms with Crippen LogP contribution in [0.3, 0.4) is 0 Å². The minimum absolute atomic E-state index is 0.0777. The maximum absolute atomic E-state index is 12.9. The van der Waals surface area contributed by atoms with E-state index in [0.29, 0.717) is 4.91 Å². The zero-order valence-electron chi connectivity index (χ0n) is 19.2. The number of amides is 2. The molecule has 2 aliphatic rings. The molecule has 1 saturated heterocycles. The predicted molar refractivity (Wildman–Crippen MR) is 126 cm³/mol. The van der Waals surface area contributed by atoms with Crippen molar-refractivity contribution in [1.82, 2.24) is 4.90 Å². The van der Waals surface area contributed by atoms with Crippen LogP contribution in [0, 0.1) is 6.92 Å². The number of rotatable bonds is 5. The second kappa shape index (κ2) is 8.54. The Hall–Kier alpha value is -2.54. The van der Waals surface area contributed by atoms with Gasteiger partial charge in [-0.2, -0.15) is 0 Å². The lowest BCUT2D eigenvalue weighted by Gasteiger charge is -2.43. The van der Waals surface area contributed by atoms with E-state index in [2.05, 4.69) is 50.8 Å². The lowest BCUT2D eigenvalue weighted by atomic mass is 9.87. The molecule has 1 aromatic carbocycles. The molecule has 7 heteroatoms. The smallest absolute Gasteiger partial charge is 0.329 e. The first-order valence-electron chi connectivity index (χ1n) is 10.6. The van der Waals surface area contributed by atoms with E-state index >= 15 is 0 Å². The van der Waals surface area contributed by atoms with Crippen LogP contribution in [-0.4, -0.2) is 46.7 Å². The van der Waals surface area contributed by atoms with Crippen LogP contribution in [0.15, 0.2) is 23.1 Å². The number of carbonyl (C=O) groups is 3. The molecule has 6 nitrogen and oxygen atoms in total. The number of fused-ring (bicyclic) bond motifs is 1. The Bertz CT molecular complexity index is 1010. The third-order valence-electron chi connectivity index (χ3n) is 5.81. The highest BCUT2D eigenvalue weighted by molar-refractivity contribution is 8.18. The normalized spacial score (nSPS) is 20.1. The summed E-state index contributed by atoms with van der Waals surface area (Å²) in [4.78, 5) is 41.1. The van der Waals surface area contributed by atoms with E-state index in [1.54, 1.807) is 13.0 Å². The second-order valence-electron chi connectivity index (χ2n) is 8.43. The second-order valence-corrected chi connectivity index (χ2v) is 9.42. The number of anilines is 1. The molecule has 0 spiro atoms. The predicted octanol–water partition coefficient (Wildman–Crippen LogP) is 5.00. The molecule has 2 heterocycles. The summed E-state index contributed by atoms with van der Waals surface area (Å²) in [5, 5.41) is -0.456. The van der Waals surface area contributed by atoms with E-state index in [4.69, 9.17) is 4.74 Å². The molecule has 2 aliphatic heterocycles. The average Bonchev–Trinajstić information content (AvgIpc) is 2.95. The number of carbonyl (C=O) groups excluding carboxylic acids is 3. The number of ether oxygens (including phenoxy) is 1. The van der Waals surface area contributed by atoms with Crippen LogP contribution in [0.5, 0.6) is 0 Å². The molecule has 166 valence electrons. The van der Waals surface area contributed by atoms with Gasteiger partial charge in [0.25, 0.3) is 11.1 Å². The van der Waals surface area contributed by atoms with E-state index in [1.807, 2.05) is 6.92 Å². The number of esters is 1. The van der Waals surface area contributed by atoms with E-state index in [1.165, 1.54) is 18.2 Å². The fourth-order valence-corrected chi connectivity index (χ4v) is 5.20. The van der Waals surface area contributed by atoms with Gasteiger partial charge in [0.05, 0.1) is 17.1 Å². The topological polar surface area (TPSA) is 66.9 Å². The Morgan fingerprint density at radius 1 is 1.23 bits per heavy atom. The molecule has 2 amide bonds. The highest BCUT2D eigenvalue weighted by atomic mass is 32.2. The largest absolute Gasteiger partial charge is 0.464 e. The zero-order chi connectivity index (χ0) is 23.1. The van der Waals surface area contributed by atoms with E-state index in [0.717, 1.165) is 39.9 Å². The Morgan fingerprint density at radius 3 is 2.52 bits per heavy atom. The molecule has 3 rings (SSSR count). The van der Waals surface area contributed by atoms with Gasteiger partial charge >= 0.3 is 5.97 Å². The maximum Gasteiger partial charge on any atom is 0.329 e. The number of hydrogen-bond donors (Lipinski definition) is 0. The molecule has 0 N–H and O–H groups in total. The number of likely N-dealkylation sites (N-methyl/N-ethyl adjacent to an activating group) is 1. The van der Waals surface area contributed by atoms with Crippen molar-refractivity contribution in [2.45, 2.75) is 60.0 Å². The molecule has 0 aliphatic carbocycles. The Morgan fingerprint density at radius 2 is 1.90 bits per heavy atom. The molecule has 1 aromatic rings. The fourth-order valence-electron chi connectivity index (χ4n) is 4.30. The van der Waals surface area contributed by atoms with Crippen LogP contribution >= 0.6 is 11.8 Å². The molecule has 0 unspecified atom stereocenters. The first-order chi connectivity index (χ1) is 14.5. The molecule has 31 heavy (non-hydrogen) atoms. The number of nitrogens with zero attached hydrogens (tertiary/aromatic N) is 2. The Labute approximate surface area is 188 Å². The van der Waals surface area contributed by atoms with Crippen molar-refractivity contribution < 1.29 is 19.1 Å². The van der Waals surface area contributed by atoms with Gasteiger partial charge in [-0.25, -0.2) is 4.79 Å². The van der Waals surface area contributed by atoms with Crippen molar-refractivity contribution in [3.8, 4) is 0 Å². The highest BCUT2D eigenvalue weighted by Gasteiger charge is 2.41. The van der Waals surface area contributed by atoms with E-state index in [-0.39, 0.29) is 12.1 Å². The van der Waals surface area contributed by atoms with Crippen LogP contribution in [0.4, 0.5) is 10.5 Å². The molecular formula is C24H30N2O4S. The number of aryl methyl sites for hydroxylation is 1. The van der Waals surface area contributed by atoms with Crippen molar-refractivity contribution in [3.63, 3.8) is 0 Å². The quantitative estimate of drug-likeness (QED) is 0.472. The summed E-state index contributed by atoms with van der Waals surface area (Å²) < 4.78 is 4.97. The fraction of sp³-hybridized carbons (Fsp3) is 0.458. The average molecular weight is 443 g/mol. The number of allylic oxidation sites excluding steroid dienone is 1. The van der Waals surface area contributed by atoms with Crippen LogP contribution in [-0.2, 0) is 14.3 Å². The minimum atomic E-state index is -0.950. The summed E-state index contributed by atoms with van der Waals surface area (Å²) in [5.41, 5.74) is 5.31. The molecule has 1 fully saturated rings. The third-order valence-corrected chi connectivity index (χ3v) is 6.69. The summed E-state index contributed by atoms with van der Waals surface area (Å²) in [6.07, 6.45) is 4.01. The lowest BCUT2D eigenvalue weighted by Crippen LogP contribution is -2.44. The Kier molecular flexibility index (Phi) is 6.37. The van der Waals surface area contributed by atoms with E-state index < -0.39 is 23.2 Å². The van der Waals surface area contributed by atoms with Gasteiger partial charge in [0.1, 0.15) is 6.04 Å². The van der Waals surface area contributed by atoms with Crippen LogP contribution in [0.25, 0.3) is 11.6 Å². The first-order valence-corrected chi connectivity index (χ1v) is 11.4. The molecule has 0 saturated carbocycles. The summed E-state index contributed by atoms with van der Waals surface area (Å²) in [6.45, 7) is 14.9. The molecule has 1 atom stereocenters. The van der Waals surface area contributed by atoms with Gasteiger partial charge in [-0.1, -0.05) is 6.08 Å². The standard InChI is InChI=1S/C24H30N2O4S/c1-8-25-19-10-14(3)17(11-18(19)15(4)13-24(25,6)7)12-20-21(27)26(23(29)31-20)16(5)22(28)30-9-2/h10-13,16H,8-9H2,1-7H3/b20-12+/t16-/m1/s1. The van der Waals surface area contributed by atoms with Crippen LogP contribution in [0.2, 0.25) is 0 Å². The van der Waals surface area contributed by atoms with Crippen molar-refractivity contribution in [2.24, 2.45) is 0 Å². The monoisotopic (exact) mass is 442 g/mol. The number of benzene rings is 1. The molecule has 0 radical (unpaired) electrons. The summed E-state index contributed by atoms with van der Waals surface area (Å²) >= 11 is 0.858. The lowest BCUT2D eigenvalue weighted by molar-refractivity contribution is -0.150. The van der Waals surface area contributed by atoms with Gasteiger partial charge < -0.3 is 9.64 Å². The molecule has 0 bridgehead atoms. The van der Waals surface area contributed by atoms with Crippen LogP contribution in [0.1, 0.15) is 58.2 Å². The number of thioether (sulfide) groups is 1. The Balaban J connectivity index is 1.98. The molecule has 0 aromatic heterocycles. The minimum Gasteiger partial charge on any atom is -0.464 e. The zero-order valence-corrected chi connectivity index (χ0v) is 20.1. The highest BCUT2D eigenvalue weighted by Crippen LogP contribution is 2.41. The van der Waals surface area contributed by atoms with Gasteiger partial charge in [-0.15, -0.1) is 0 Å². The van der Waals surface area contributed by atoms with Gasteiger partial charge in [0.15, 0.2) is 0 Å². The summed E-state index contributed by atoms with van der Waals surface area (Å²) in [5.74, 6) is -1.05.